The fourth-order valence-electron chi connectivity index (χ4n) is 4.08. The molecule has 2 aliphatic heterocycles. The van der Waals surface area contributed by atoms with E-state index in [2.05, 4.69) is 10.3 Å². The van der Waals surface area contributed by atoms with Crippen LogP contribution in [0.4, 0.5) is 0 Å². The molecule has 2 aliphatic rings. The number of piperidine rings is 2. The van der Waals surface area contributed by atoms with E-state index < -0.39 is 5.97 Å². The van der Waals surface area contributed by atoms with Crippen LogP contribution in [0.25, 0.3) is 10.9 Å². The standard InChI is InChI=1S/C17H19N3O3/c21-16-13-6-1-2-7-14(13)19-15(17(22)23)20(16)12-8-10-4-3-5-11(9-12)18-10/h1-2,6-7,10-12,18H,3-5,8-9H2,(H,22,23). The number of aromatic nitrogens is 2. The van der Waals surface area contributed by atoms with Crippen LogP contribution in [0.3, 0.4) is 0 Å². The van der Waals surface area contributed by atoms with Crippen LogP contribution >= 0.6 is 0 Å². The average Bonchev–Trinajstić information content (AvgIpc) is 2.54. The van der Waals surface area contributed by atoms with Crippen molar-refractivity contribution in [1.82, 2.24) is 14.9 Å². The summed E-state index contributed by atoms with van der Waals surface area (Å²) in [6, 6.07) is 7.59. The monoisotopic (exact) mass is 313 g/mol. The van der Waals surface area contributed by atoms with Crippen molar-refractivity contribution in [1.29, 1.82) is 0 Å². The molecule has 6 nitrogen and oxygen atoms in total. The van der Waals surface area contributed by atoms with E-state index in [4.69, 9.17) is 0 Å². The predicted octanol–water partition coefficient (Wildman–Crippen LogP) is 1.94. The number of benzene rings is 1. The fraction of sp³-hybridized carbons (Fsp3) is 0.471. The summed E-state index contributed by atoms with van der Waals surface area (Å²) in [5, 5.41) is 13.6. The Balaban J connectivity index is 1.88. The van der Waals surface area contributed by atoms with Crippen molar-refractivity contribution in [2.45, 2.75) is 50.2 Å². The molecule has 4 rings (SSSR count). The van der Waals surface area contributed by atoms with Crippen LogP contribution in [-0.2, 0) is 0 Å². The maximum absolute atomic E-state index is 12.9. The summed E-state index contributed by atoms with van der Waals surface area (Å²) in [5.74, 6) is -1.28. The molecular weight excluding hydrogens is 294 g/mol. The summed E-state index contributed by atoms with van der Waals surface area (Å²) in [4.78, 5) is 28.8. The summed E-state index contributed by atoms with van der Waals surface area (Å²) in [5.41, 5.74) is 0.207. The van der Waals surface area contributed by atoms with Crippen molar-refractivity contribution in [3.05, 3.63) is 40.4 Å². The van der Waals surface area contributed by atoms with E-state index in [0.717, 1.165) is 25.7 Å². The third-order valence-corrected chi connectivity index (χ3v) is 5.05. The molecule has 1 aromatic carbocycles. The Hall–Kier alpha value is -2.21. The highest BCUT2D eigenvalue weighted by molar-refractivity contribution is 5.87. The molecule has 0 saturated carbocycles. The van der Waals surface area contributed by atoms with Crippen LogP contribution in [0.5, 0.6) is 0 Å². The molecule has 23 heavy (non-hydrogen) atoms. The van der Waals surface area contributed by atoms with Crippen molar-refractivity contribution in [2.75, 3.05) is 0 Å². The van der Waals surface area contributed by atoms with Gasteiger partial charge in [0.25, 0.3) is 5.56 Å². The number of carboxylic acid groups (broad SMARTS) is 1. The van der Waals surface area contributed by atoms with E-state index in [-0.39, 0.29) is 17.4 Å². The summed E-state index contributed by atoms with van der Waals surface area (Å²) < 4.78 is 1.43. The van der Waals surface area contributed by atoms with Crippen molar-refractivity contribution >= 4 is 16.9 Å². The lowest BCUT2D eigenvalue weighted by atomic mass is 9.84. The van der Waals surface area contributed by atoms with Crippen molar-refractivity contribution in [3.63, 3.8) is 0 Å². The molecular formula is C17H19N3O3. The minimum Gasteiger partial charge on any atom is -0.475 e. The van der Waals surface area contributed by atoms with E-state index in [9.17, 15) is 14.7 Å². The lowest BCUT2D eigenvalue weighted by Crippen LogP contribution is -2.50. The number of hydrogen-bond donors (Lipinski definition) is 2. The van der Waals surface area contributed by atoms with Crippen molar-refractivity contribution in [2.24, 2.45) is 0 Å². The van der Waals surface area contributed by atoms with Crippen LogP contribution in [0.1, 0.15) is 48.8 Å². The number of carbonyl (C=O) groups is 1. The van der Waals surface area contributed by atoms with Gasteiger partial charge in [-0.1, -0.05) is 18.6 Å². The summed E-state index contributed by atoms with van der Waals surface area (Å²) in [6.45, 7) is 0. The lowest BCUT2D eigenvalue weighted by molar-refractivity contribution is 0.0666. The summed E-state index contributed by atoms with van der Waals surface area (Å²) in [6.07, 6.45) is 4.95. The Labute approximate surface area is 133 Å². The molecule has 0 aliphatic carbocycles. The fourth-order valence-corrected chi connectivity index (χ4v) is 4.08. The molecule has 0 amide bonds. The topological polar surface area (TPSA) is 84.2 Å². The van der Waals surface area contributed by atoms with Gasteiger partial charge in [0.1, 0.15) is 0 Å². The van der Waals surface area contributed by atoms with Gasteiger partial charge < -0.3 is 10.4 Å². The molecule has 2 saturated heterocycles. The molecule has 2 fully saturated rings. The van der Waals surface area contributed by atoms with Gasteiger partial charge in [0.2, 0.25) is 5.82 Å². The zero-order valence-corrected chi connectivity index (χ0v) is 12.7. The molecule has 2 unspecified atom stereocenters. The van der Waals surface area contributed by atoms with Gasteiger partial charge in [-0.25, -0.2) is 9.78 Å². The Morgan fingerprint density at radius 1 is 1.22 bits per heavy atom. The zero-order chi connectivity index (χ0) is 16.0. The second-order valence-electron chi connectivity index (χ2n) is 6.55. The molecule has 2 bridgehead atoms. The first-order valence-corrected chi connectivity index (χ1v) is 8.14. The number of para-hydroxylation sites is 1. The Kier molecular flexibility index (Phi) is 3.41. The quantitative estimate of drug-likeness (QED) is 0.885. The highest BCUT2D eigenvalue weighted by Crippen LogP contribution is 2.32. The second kappa shape index (κ2) is 5.45. The molecule has 2 aromatic rings. The van der Waals surface area contributed by atoms with Gasteiger partial charge >= 0.3 is 5.97 Å². The Morgan fingerprint density at radius 2 is 1.91 bits per heavy atom. The van der Waals surface area contributed by atoms with E-state index in [1.165, 1.54) is 11.0 Å². The number of nitrogens with zero attached hydrogens (tertiary/aromatic N) is 2. The van der Waals surface area contributed by atoms with Gasteiger partial charge in [-0.2, -0.15) is 0 Å². The largest absolute Gasteiger partial charge is 0.475 e. The number of fused-ring (bicyclic) bond motifs is 3. The number of aromatic carboxylic acids is 1. The minimum absolute atomic E-state index is 0.0951. The molecule has 1 aromatic heterocycles. The van der Waals surface area contributed by atoms with E-state index in [0.29, 0.717) is 23.0 Å². The third kappa shape index (κ3) is 2.43. The molecule has 2 N–H and O–H groups in total. The van der Waals surface area contributed by atoms with E-state index in [1.807, 2.05) is 0 Å². The van der Waals surface area contributed by atoms with Crippen molar-refractivity contribution < 1.29 is 9.90 Å². The number of rotatable bonds is 2. The van der Waals surface area contributed by atoms with Gasteiger partial charge in [0.05, 0.1) is 10.9 Å². The number of nitrogens with one attached hydrogen (secondary N) is 1. The number of carboxylic acids is 1. The molecule has 0 radical (unpaired) electrons. The Bertz CT molecular complexity index is 817. The minimum atomic E-state index is -1.14. The molecule has 6 heteroatoms. The second-order valence-corrected chi connectivity index (χ2v) is 6.55. The van der Waals surface area contributed by atoms with Crippen molar-refractivity contribution in [3.8, 4) is 0 Å². The molecule has 0 spiro atoms. The first-order valence-electron chi connectivity index (χ1n) is 8.14. The lowest BCUT2D eigenvalue weighted by Gasteiger charge is -2.41. The smallest absolute Gasteiger partial charge is 0.372 e. The van der Waals surface area contributed by atoms with Gasteiger partial charge in [-0.15, -0.1) is 0 Å². The van der Waals surface area contributed by atoms with Gasteiger partial charge in [0, 0.05) is 18.1 Å². The van der Waals surface area contributed by atoms with Crippen LogP contribution in [0.15, 0.2) is 29.1 Å². The first kappa shape index (κ1) is 14.4. The van der Waals surface area contributed by atoms with E-state index in [1.54, 1.807) is 24.3 Å². The molecule has 120 valence electrons. The van der Waals surface area contributed by atoms with E-state index >= 15 is 0 Å². The third-order valence-electron chi connectivity index (χ3n) is 5.05. The highest BCUT2D eigenvalue weighted by atomic mass is 16.4. The SMILES string of the molecule is O=C(O)c1nc2ccccc2c(=O)n1C1CC2CCCC(C1)N2. The van der Waals surface area contributed by atoms with Gasteiger partial charge in [-0.3, -0.25) is 9.36 Å². The zero-order valence-electron chi connectivity index (χ0n) is 12.7. The van der Waals surface area contributed by atoms with Crippen LogP contribution < -0.4 is 10.9 Å². The predicted molar refractivity (Wildman–Crippen MR) is 85.8 cm³/mol. The first-order chi connectivity index (χ1) is 11.1. The number of hydrogen-bond acceptors (Lipinski definition) is 4. The van der Waals surface area contributed by atoms with Gasteiger partial charge in [-0.05, 0) is 37.8 Å². The molecule has 3 heterocycles. The highest BCUT2D eigenvalue weighted by Gasteiger charge is 2.34. The summed E-state index contributed by atoms with van der Waals surface area (Å²) in [7, 11) is 0. The maximum atomic E-state index is 12.9. The maximum Gasteiger partial charge on any atom is 0.372 e. The van der Waals surface area contributed by atoms with Crippen LogP contribution in [0, 0.1) is 0 Å². The molecule has 2 atom stereocenters. The average molecular weight is 313 g/mol. The Morgan fingerprint density at radius 3 is 2.61 bits per heavy atom. The van der Waals surface area contributed by atoms with Gasteiger partial charge in [0.15, 0.2) is 0 Å². The normalized spacial score (nSPS) is 27.0. The summed E-state index contributed by atoms with van der Waals surface area (Å²) >= 11 is 0. The van der Waals surface area contributed by atoms with Crippen LogP contribution in [-0.4, -0.2) is 32.7 Å². The van der Waals surface area contributed by atoms with Crippen LogP contribution in [0.2, 0.25) is 0 Å².